The average Bonchev–Trinajstić information content (AvgIpc) is 2.86. The van der Waals surface area contributed by atoms with Gasteiger partial charge in [0.25, 0.3) is 0 Å². The van der Waals surface area contributed by atoms with Crippen LogP contribution in [0.4, 0.5) is 4.39 Å². The summed E-state index contributed by atoms with van der Waals surface area (Å²) in [6, 6.07) is 0. The molecule has 4 rings (SSSR count). The van der Waals surface area contributed by atoms with Crippen LogP contribution in [0.15, 0.2) is 35.1 Å². The van der Waals surface area contributed by atoms with E-state index in [0.29, 0.717) is 31.1 Å². The van der Waals surface area contributed by atoms with Crippen LogP contribution in [0.5, 0.6) is 0 Å². The summed E-state index contributed by atoms with van der Waals surface area (Å²) in [5, 5.41) is 21.3. The molecule has 0 aliphatic heterocycles. The summed E-state index contributed by atoms with van der Waals surface area (Å²) < 4.78 is 16.8. The highest BCUT2D eigenvalue weighted by molar-refractivity contribution is 6.01. The Balaban J connectivity index is 1.85. The molecule has 3 saturated carbocycles. The van der Waals surface area contributed by atoms with Crippen molar-refractivity contribution in [1.82, 2.24) is 0 Å². The minimum Gasteiger partial charge on any atom is -0.505 e. The molecule has 0 aromatic rings. The molecule has 4 aliphatic carbocycles. The van der Waals surface area contributed by atoms with Crippen molar-refractivity contribution in [2.75, 3.05) is 0 Å². The van der Waals surface area contributed by atoms with Gasteiger partial charge in [-0.15, -0.1) is 0 Å². The lowest BCUT2D eigenvalue weighted by Crippen LogP contribution is -2.66. The Labute approximate surface area is 158 Å². The van der Waals surface area contributed by atoms with E-state index < -0.39 is 28.5 Å². The summed E-state index contributed by atoms with van der Waals surface area (Å²) in [5.74, 6) is -0.895. The van der Waals surface area contributed by atoms with E-state index in [2.05, 4.69) is 0 Å². The van der Waals surface area contributed by atoms with Gasteiger partial charge in [-0.2, -0.15) is 0 Å². The zero-order valence-electron chi connectivity index (χ0n) is 16.0. The Kier molecular flexibility index (Phi) is 3.88. The lowest BCUT2D eigenvalue weighted by molar-refractivity contribution is -0.184. The number of halogens is 1. The minimum atomic E-state index is -1.87. The van der Waals surface area contributed by atoms with Crippen molar-refractivity contribution in [2.45, 2.75) is 58.2 Å². The van der Waals surface area contributed by atoms with Gasteiger partial charge in [-0.25, -0.2) is 4.39 Å². The van der Waals surface area contributed by atoms with Crippen molar-refractivity contribution in [1.29, 1.82) is 0 Å². The molecule has 2 N–H and O–H groups in total. The molecule has 0 amide bonds. The molecule has 4 nitrogen and oxygen atoms in total. The number of aliphatic hydroxyl groups excluding tert-OH is 2. The van der Waals surface area contributed by atoms with Crippen molar-refractivity contribution >= 4 is 12.1 Å². The summed E-state index contributed by atoms with van der Waals surface area (Å²) >= 11 is 0. The fraction of sp³-hybridized carbons (Fsp3) is 0.636. The van der Waals surface area contributed by atoms with E-state index in [4.69, 9.17) is 0 Å². The third-order valence-corrected chi connectivity index (χ3v) is 8.13. The smallest absolute Gasteiger partial charge is 0.184 e. The predicted octanol–water partition coefficient (Wildman–Crippen LogP) is 3.61. The maximum absolute atomic E-state index is 16.8. The zero-order chi connectivity index (χ0) is 19.8. The SMILES string of the molecule is C[C@H]1C[C@H]2[C@@H]3CCC4=CC(=O)C=C[C@]4(C)[C@@]3(F)[C@@H](O)C[C@]2(C)C1=C(O)C=O. The van der Waals surface area contributed by atoms with Gasteiger partial charge < -0.3 is 10.2 Å². The number of ketones is 1. The molecule has 0 bridgehead atoms. The summed E-state index contributed by atoms with van der Waals surface area (Å²) in [6.45, 7) is 5.70. The van der Waals surface area contributed by atoms with Gasteiger partial charge in [-0.1, -0.05) is 25.5 Å². The monoisotopic (exact) mass is 374 g/mol. The van der Waals surface area contributed by atoms with Crippen LogP contribution in [0.25, 0.3) is 0 Å². The number of alkyl halides is 1. The van der Waals surface area contributed by atoms with Crippen LogP contribution < -0.4 is 0 Å². The van der Waals surface area contributed by atoms with E-state index >= 15 is 4.39 Å². The number of carbonyl (C=O) groups excluding carboxylic acids is 2. The van der Waals surface area contributed by atoms with Gasteiger partial charge in [0.15, 0.2) is 23.5 Å². The number of rotatable bonds is 1. The Bertz CT molecular complexity index is 811. The lowest BCUT2D eigenvalue weighted by atomic mass is 9.45. The van der Waals surface area contributed by atoms with Crippen LogP contribution in [-0.2, 0) is 9.59 Å². The molecule has 0 saturated heterocycles. The Hall–Kier alpha value is -1.75. The Morgan fingerprint density at radius 2 is 2.04 bits per heavy atom. The molecule has 27 heavy (non-hydrogen) atoms. The second-order valence-electron chi connectivity index (χ2n) is 9.32. The van der Waals surface area contributed by atoms with Gasteiger partial charge in [-0.05, 0) is 67.6 Å². The Morgan fingerprint density at radius 1 is 1.33 bits per heavy atom. The number of carbonyl (C=O) groups is 2. The molecule has 146 valence electrons. The topological polar surface area (TPSA) is 74.6 Å². The third-order valence-electron chi connectivity index (χ3n) is 8.13. The second-order valence-corrected chi connectivity index (χ2v) is 9.32. The molecule has 5 heteroatoms. The van der Waals surface area contributed by atoms with E-state index in [1.54, 1.807) is 13.0 Å². The van der Waals surface area contributed by atoms with E-state index in [9.17, 15) is 19.8 Å². The Morgan fingerprint density at radius 3 is 2.70 bits per heavy atom. The fourth-order valence-corrected chi connectivity index (χ4v) is 6.97. The molecular formula is C22H27FO4. The summed E-state index contributed by atoms with van der Waals surface area (Å²) in [6.07, 6.45) is 5.82. The van der Waals surface area contributed by atoms with Crippen LogP contribution in [-0.4, -0.2) is 34.1 Å². The number of fused-ring (bicyclic) bond motifs is 5. The molecule has 0 aromatic heterocycles. The summed E-state index contributed by atoms with van der Waals surface area (Å²) in [7, 11) is 0. The molecule has 4 aliphatic rings. The first-order valence-electron chi connectivity index (χ1n) is 9.79. The highest BCUT2D eigenvalue weighted by Gasteiger charge is 2.70. The van der Waals surface area contributed by atoms with Crippen LogP contribution in [0.3, 0.4) is 0 Å². The van der Waals surface area contributed by atoms with E-state index in [0.717, 1.165) is 5.57 Å². The van der Waals surface area contributed by atoms with Gasteiger partial charge in [0.05, 0.1) is 6.10 Å². The number of allylic oxidation sites excluding steroid dienone is 6. The predicted molar refractivity (Wildman–Crippen MR) is 98.6 cm³/mol. The minimum absolute atomic E-state index is 0.0343. The maximum atomic E-state index is 16.8. The molecular weight excluding hydrogens is 347 g/mol. The van der Waals surface area contributed by atoms with Crippen molar-refractivity contribution < 1.29 is 24.2 Å². The second kappa shape index (κ2) is 5.63. The molecule has 0 aromatic carbocycles. The number of hydrogen-bond donors (Lipinski definition) is 2. The van der Waals surface area contributed by atoms with Gasteiger partial charge in [0.2, 0.25) is 0 Å². The van der Waals surface area contributed by atoms with Crippen LogP contribution in [0.1, 0.15) is 46.5 Å². The molecule has 0 spiro atoms. The molecule has 0 unspecified atom stereocenters. The largest absolute Gasteiger partial charge is 0.505 e. The molecule has 0 radical (unpaired) electrons. The maximum Gasteiger partial charge on any atom is 0.184 e. The average molecular weight is 374 g/mol. The van der Waals surface area contributed by atoms with Gasteiger partial charge >= 0.3 is 0 Å². The van der Waals surface area contributed by atoms with E-state index in [-0.39, 0.29) is 29.8 Å². The molecule has 3 fully saturated rings. The van der Waals surface area contributed by atoms with Crippen molar-refractivity contribution in [3.63, 3.8) is 0 Å². The van der Waals surface area contributed by atoms with Crippen molar-refractivity contribution in [3.8, 4) is 0 Å². The van der Waals surface area contributed by atoms with Gasteiger partial charge in [0.1, 0.15) is 0 Å². The first-order chi connectivity index (χ1) is 12.6. The van der Waals surface area contributed by atoms with E-state index in [1.807, 2.05) is 13.8 Å². The standard InChI is InChI=1S/C22H27FO4/c1-12-8-16-15-5-4-13-9-14(25)6-7-21(13,3)22(15,23)18(27)10-20(16,2)19(12)17(26)11-24/h6-7,9,11-12,15-16,18,26-27H,4-5,8,10H2,1-3H3/t12-,15-,16-,18-,20-,21-,22-/m0/s1. The lowest BCUT2D eigenvalue weighted by Gasteiger charge is -2.61. The normalized spacial score (nSPS) is 50.4. The molecule has 0 heterocycles. The van der Waals surface area contributed by atoms with Gasteiger partial charge in [0, 0.05) is 11.3 Å². The summed E-state index contributed by atoms with van der Waals surface area (Å²) in [4.78, 5) is 23.1. The van der Waals surface area contributed by atoms with Crippen LogP contribution in [0, 0.1) is 28.6 Å². The first-order valence-corrected chi connectivity index (χ1v) is 9.79. The van der Waals surface area contributed by atoms with Gasteiger partial charge in [-0.3, -0.25) is 9.59 Å². The number of aliphatic hydroxyl groups is 2. The van der Waals surface area contributed by atoms with Crippen LogP contribution in [0.2, 0.25) is 0 Å². The zero-order valence-corrected chi connectivity index (χ0v) is 16.0. The fourth-order valence-electron chi connectivity index (χ4n) is 6.97. The third kappa shape index (κ3) is 2.12. The van der Waals surface area contributed by atoms with Crippen molar-refractivity contribution in [3.05, 3.63) is 35.1 Å². The summed E-state index contributed by atoms with van der Waals surface area (Å²) in [5.41, 5.74) is -2.06. The number of hydrogen-bond acceptors (Lipinski definition) is 4. The number of aldehydes is 1. The molecule has 7 atom stereocenters. The van der Waals surface area contributed by atoms with E-state index in [1.165, 1.54) is 12.2 Å². The van der Waals surface area contributed by atoms with Crippen LogP contribution >= 0.6 is 0 Å². The van der Waals surface area contributed by atoms with Crippen molar-refractivity contribution in [2.24, 2.45) is 28.6 Å². The highest BCUT2D eigenvalue weighted by atomic mass is 19.1. The quantitative estimate of drug-likeness (QED) is 0.418. The highest BCUT2D eigenvalue weighted by Crippen LogP contribution is 2.69. The first kappa shape index (κ1) is 18.6.